The summed E-state index contributed by atoms with van der Waals surface area (Å²) in [6.07, 6.45) is 3.08. The van der Waals surface area contributed by atoms with Crippen LogP contribution in [0, 0.1) is 0 Å². The number of nitrogens with zero attached hydrogens (tertiary/aromatic N) is 2. The maximum Gasteiger partial charge on any atom is 0.317 e. The molecule has 3 aromatic rings. The summed E-state index contributed by atoms with van der Waals surface area (Å²) in [6.45, 7) is 4.40. The minimum atomic E-state index is -0.136. The Morgan fingerprint density at radius 3 is 2.79 bits per heavy atom. The van der Waals surface area contributed by atoms with Gasteiger partial charge in [-0.25, -0.2) is 4.79 Å². The van der Waals surface area contributed by atoms with E-state index in [1.807, 2.05) is 4.90 Å². The van der Waals surface area contributed by atoms with Crippen LogP contribution >= 0.6 is 0 Å². The molecule has 2 atom stereocenters. The Morgan fingerprint density at radius 1 is 1.09 bits per heavy atom. The van der Waals surface area contributed by atoms with Crippen LogP contribution in [0.15, 0.2) is 48.5 Å². The van der Waals surface area contributed by atoms with Crippen LogP contribution < -0.4 is 10.8 Å². The summed E-state index contributed by atoms with van der Waals surface area (Å²) in [5.41, 5.74) is 9.40. The number of benzene rings is 2. The number of urea groups is 1. The molecule has 33 heavy (non-hydrogen) atoms. The standard InChI is InChI=1S/C26H30N4O3/c31-26-27-14-20-16-29(26)17-23-25(20)21-5-1-2-6-22(21)30(23)15-19-10-8-18(9-11-19)13-28-33-24-7-3-4-12-32-24/h1-2,5-6,8-11,20,24,28H,3-4,7,12-17H2,(H,27,31). The fourth-order valence-corrected chi connectivity index (χ4v) is 5.40. The molecule has 2 unspecified atom stereocenters. The molecule has 2 saturated heterocycles. The summed E-state index contributed by atoms with van der Waals surface area (Å²) in [5.74, 6) is 0.346. The molecule has 172 valence electrons. The number of ether oxygens (including phenoxy) is 1. The number of nitrogens with one attached hydrogen (secondary N) is 2. The SMILES string of the molecule is O=C1NCC2CN1Cc1c2c2ccccc2n1Cc1ccc(CNOC2CCCCO2)cc1. The smallest absolute Gasteiger partial charge is 0.317 e. The fourth-order valence-electron chi connectivity index (χ4n) is 5.40. The molecule has 0 radical (unpaired) electrons. The van der Waals surface area contributed by atoms with Crippen molar-refractivity contribution in [3.8, 4) is 0 Å². The molecule has 0 aliphatic carbocycles. The minimum Gasteiger partial charge on any atom is -0.351 e. The molecule has 2 amide bonds. The first-order valence-corrected chi connectivity index (χ1v) is 12.0. The predicted molar refractivity (Wildman–Crippen MR) is 126 cm³/mol. The number of carbonyl (C=O) groups excluding carboxylic acids is 1. The van der Waals surface area contributed by atoms with Gasteiger partial charge in [-0.05, 0) is 35.6 Å². The number of amides is 2. The van der Waals surface area contributed by atoms with Gasteiger partial charge in [0.25, 0.3) is 0 Å². The first-order chi connectivity index (χ1) is 16.3. The van der Waals surface area contributed by atoms with Crippen LogP contribution in [0.5, 0.6) is 0 Å². The Labute approximate surface area is 193 Å². The lowest BCUT2D eigenvalue weighted by atomic mass is 9.90. The van der Waals surface area contributed by atoms with Crippen molar-refractivity contribution in [2.45, 2.75) is 51.1 Å². The Hall–Kier alpha value is -2.87. The van der Waals surface area contributed by atoms with Gasteiger partial charge in [0.15, 0.2) is 6.29 Å². The number of hydroxylamine groups is 1. The Morgan fingerprint density at radius 2 is 1.94 bits per heavy atom. The van der Waals surface area contributed by atoms with E-state index >= 15 is 0 Å². The second-order valence-electron chi connectivity index (χ2n) is 9.28. The highest BCUT2D eigenvalue weighted by Gasteiger charge is 2.36. The molecule has 2 aromatic carbocycles. The maximum absolute atomic E-state index is 12.3. The summed E-state index contributed by atoms with van der Waals surface area (Å²) < 4.78 is 7.99. The Bertz CT molecular complexity index is 1150. The minimum absolute atomic E-state index is 0.0476. The third-order valence-corrected chi connectivity index (χ3v) is 7.09. The van der Waals surface area contributed by atoms with Crippen molar-refractivity contribution in [3.63, 3.8) is 0 Å². The van der Waals surface area contributed by atoms with E-state index in [1.165, 1.54) is 33.3 Å². The number of hydrogen-bond donors (Lipinski definition) is 2. The zero-order valence-electron chi connectivity index (χ0n) is 18.8. The van der Waals surface area contributed by atoms with E-state index in [4.69, 9.17) is 9.57 Å². The summed E-state index contributed by atoms with van der Waals surface area (Å²) in [7, 11) is 0. The Kier molecular flexibility index (Phi) is 5.54. The lowest BCUT2D eigenvalue weighted by Gasteiger charge is -2.38. The van der Waals surface area contributed by atoms with Gasteiger partial charge >= 0.3 is 6.03 Å². The quantitative estimate of drug-likeness (QED) is 0.565. The van der Waals surface area contributed by atoms with Crippen molar-refractivity contribution in [3.05, 3.63) is 70.9 Å². The molecular weight excluding hydrogens is 416 g/mol. The summed E-state index contributed by atoms with van der Waals surface area (Å²) in [6, 6.07) is 17.4. The largest absolute Gasteiger partial charge is 0.351 e. The van der Waals surface area contributed by atoms with E-state index in [0.717, 1.165) is 39.0 Å². The molecule has 2 bridgehead atoms. The highest BCUT2D eigenvalue weighted by molar-refractivity contribution is 5.88. The average Bonchev–Trinajstić information content (AvgIpc) is 3.17. The summed E-state index contributed by atoms with van der Waals surface area (Å²) >= 11 is 0. The first-order valence-electron chi connectivity index (χ1n) is 12.0. The Balaban J connectivity index is 1.20. The predicted octanol–water partition coefficient (Wildman–Crippen LogP) is 3.86. The molecule has 6 rings (SSSR count). The van der Waals surface area contributed by atoms with Crippen molar-refractivity contribution in [2.24, 2.45) is 0 Å². The van der Waals surface area contributed by atoms with E-state index in [1.54, 1.807) is 0 Å². The third-order valence-electron chi connectivity index (χ3n) is 7.09. The molecule has 2 fully saturated rings. The molecule has 1 aromatic heterocycles. The van der Waals surface area contributed by atoms with Gasteiger partial charge in [-0.3, -0.25) is 4.84 Å². The zero-order valence-corrected chi connectivity index (χ0v) is 18.8. The number of rotatable bonds is 6. The van der Waals surface area contributed by atoms with Gasteiger partial charge in [0.1, 0.15) is 0 Å². The second kappa shape index (κ2) is 8.82. The van der Waals surface area contributed by atoms with E-state index in [9.17, 15) is 4.79 Å². The molecule has 0 spiro atoms. The zero-order chi connectivity index (χ0) is 22.2. The van der Waals surface area contributed by atoms with Crippen LogP contribution in [-0.4, -0.2) is 41.5 Å². The average molecular weight is 447 g/mol. The number of hydrogen-bond acceptors (Lipinski definition) is 4. The van der Waals surface area contributed by atoms with Crippen molar-refractivity contribution in [1.82, 2.24) is 20.3 Å². The topological polar surface area (TPSA) is 67.8 Å². The van der Waals surface area contributed by atoms with Crippen LogP contribution in [0.25, 0.3) is 10.9 Å². The summed E-state index contributed by atoms with van der Waals surface area (Å²) in [5, 5.41) is 4.36. The number of fused-ring (bicyclic) bond motifs is 6. The van der Waals surface area contributed by atoms with Gasteiger partial charge in [-0.2, -0.15) is 5.48 Å². The monoisotopic (exact) mass is 446 g/mol. The fraction of sp³-hybridized carbons (Fsp3) is 0.423. The number of aromatic nitrogens is 1. The molecule has 3 aliphatic heterocycles. The number of para-hydroxylation sites is 1. The van der Waals surface area contributed by atoms with Gasteiger partial charge in [-0.15, -0.1) is 0 Å². The maximum atomic E-state index is 12.3. The highest BCUT2D eigenvalue weighted by Crippen LogP contribution is 2.38. The normalized spacial score (nSPS) is 22.3. The van der Waals surface area contributed by atoms with Crippen molar-refractivity contribution >= 4 is 16.9 Å². The van der Waals surface area contributed by atoms with Crippen LogP contribution in [0.2, 0.25) is 0 Å². The molecular formula is C26H30N4O3. The van der Waals surface area contributed by atoms with E-state index < -0.39 is 0 Å². The molecule has 4 heterocycles. The third kappa shape index (κ3) is 4.01. The highest BCUT2D eigenvalue weighted by atomic mass is 16.8. The summed E-state index contributed by atoms with van der Waals surface area (Å²) in [4.78, 5) is 19.9. The van der Waals surface area contributed by atoms with E-state index in [-0.39, 0.29) is 12.3 Å². The van der Waals surface area contributed by atoms with E-state index in [2.05, 4.69) is 63.9 Å². The second-order valence-corrected chi connectivity index (χ2v) is 9.28. The van der Waals surface area contributed by atoms with Gasteiger partial charge in [0.2, 0.25) is 0 Å². The van der Waals surface area contributed by atoms with Gasteiger partial charge < -0.3 is 19.5 Å². The van der Waals surface area contributed by atoms with Crippen LogP contribution in [-0.2, 0) is 29.2 Å². The molecule has 2 N–H and O–H groups in total. The van der Waals surface area contributed by atoms with Crippen molar-refractivity contribution < 1.29 is 14.4 Å². The van der Waals surface area contributed by atoms with Crippen molar-refractivity contribution in [2.75, 3.05) is 19.7 Å². The lowest BCUT2D eigenvalue weighted by Crippen LogP contribution is -2.52. The molecule has 7 heteroatoms. The van der Waals surface area contributed by atoms with Gasteiger partial charge in [0, 0.05) is 61.7 Å². The molecule has 3 aliphatic rings. The van der Waals surface area contributed by atoms with E-state index in [0.29, 0.717) is 25.6 Å². The first kappa shape index (κ1) is 20.7. The lowest BCUT2D eigenvalue weighted by molar-refractivity contribution is -0.198. The van der Waals surface area contributed by atoms with Gasteiger partial charge in [-0.1, -0.05) is 42.5 Å². The van der Waals surface area contributed by atoms with Crippen molar-refractivity contribution in [1.29, 1.82) is 0 Å². The van der Waals surface area contributed by atoms with Crippen LogP contribution in [0.4, 0.5) is 4.79 Å². The van der Waals surface area contributed by atoms with Gasteiger partial charge in [0.05, 0.1) is 6.54 Å². The van der Waals surface area contributed by atoms with Crippen LogP contribution in [0.3, 0.4) is 0 Å². The number of carbonyl (C=O) groups is 1. The van der Waals surface area contributed by atoms with Crippen LogP contribution in [0.1, 0.15) is 47.6 Å². The molecule has 0 saturated carbocycles. The molecule has 7 nitrogen and oxygen atoms in total.